The lowest BCUT2D eigenvalue weighted by atomic mass is 10.0. The molecule has 0 unspecified atom stereocenters. The minimum Gasteiger partial charge on any atom is -0.392 e. The van der Waals surface area contributed by atoms with Gasteiger partial charge in [0.25, 0.3) is 5.91 Å². The van der Waals surface area contributed by atoms with Gasteiger partial charge < -0.3 is 15.0 Å². The van der Waals surface area contributed by atoms with E-state index in [0.717, 1.165) is 17.1 Å². The number of hydrogen-bond acceptors (Lipinski definition) is 5. The standard InChI is InChI=1S/C20H24N6O2/c1-25-8-7-21-19(25)13-26-11-15(9-16(27)12-26)22-20(28)18-10-17(23-24-18)14-5-3-2-4-6-14/h2-8,10,15-16,27H,9,11-13H2,1H3,(H,22,28)(H,23,24)/t15-,16+/m0/s1. The SMILES string of the molecule is Cn1ccnc1CN1C[C@H](O)C[C@H](NC(=O)c2cc(-c3ccccc3)n[nH]2)C1. The molecule has 3 heterocycles. The summed E-state index contributed by atoms with van der Waals surface area (Å²) in [4.78, 5) is 19.1. The summed E-state index contributed by atoms with van der Waals surface area (Å²) in [6, 6.07) is 11.3. The Hall–Kier alpha value is -2.97. The number of benzene rings is 1. The van der Waals surface area contributed by atoms with Crippen molar-refractivity contribution in [3.8, 4) is 11.3 Å². The first kappa shape index (κ1) is 18.4. The van der Waals surface area contributed by atoms with Gasteiger partial charge in [-0.05, 0) is 12.5 Å². The van der Waals surface area contributed by atoms with Crippen LogP contribution in [-0.4, -0.2) is 60.9 Å². The van der Waals surface area contributed by atoms with Gasteiger partial charge in [-0.2, -0.15) is 5.10 Å². The molecule has 0 saturated carbocycles. The number of likely N-dealkylation sites (tertiary alicyclic amines) is 1. The van der Waals surface area contributed by atoms with Crippen molar-refractivity contribution in [1.82, 2.24) is 30.0 Å². The predicted octanol–water partition coefficient (Wildman–Crippen LogP) is 1.18. The molecule has 1 aliphatic rings. The number of amides is 1. The summed E-state index contributed by atoms with van der Waals surface area (Å²) in [7, 11) is 1.95. The Balaban J connectivity index is 1.39. The van der Waals surface area contributed by atoms with E-state index in [4.69, 9.17) is 0 Å². The van der Waals surface area contributed by atoms with Crippen molar-refractivity contribution in [3.63, 3.8) is 0 Å². The van der Waals surface area contributed by atoms with E-state index in [9.17, 15) is 9.90 Å². The molecule has 146 valence electrons. The van der Waals surface area contributed by atoms with Crippen molar-refractivity contribution in [2.45, 2.75) is 25.1 Å². The van der Waals surface area contributed by atoms with Gasteiger partial charge in [-0.3, -0.25) is 14.8 Å². The summed E-state index contributed by atoms with van der Waals surface area (Å²) < 4.78 is 1.96. The second kappa shape index (κ2) is 7.95. The molecule has 1 saturated heterocycles. The zero-order chi connectivity index (χ0) is 19.5. The molecule has 28 heavy (non-hydrogen) atoms. The van der Waals surface area contributed by atoms with Gasteiger partial charge in [0.2, 0.25) is 0 Å². The lowest BCUT2D eigenvalue weighted by Gasteiger charge is -2.35. The molecule has 1 fully saturated rings. The monoisotopic (exact) mass is 380 g/mol. The summed E-state index contributed by atoms with van der Waals surface area (Å²) >= 11 is 0. The Kier molecular flexibility index (Phi) is 5.23. The van der Waals surface area contributed by atoms with Crippen LogP contribution in [0.1, 0.15) is 22.7 Å². The quantitative estimate of drug-likeness (QED) is 0.617. The number of nitrogens with zero attached hydrogens (tertiary/aromatic N) is 4. The molecule has 8 heteroatoms. The minimum absolute atomic E-state index is 0.139. The molecule has 0 bridgehead atoms. The third kappa shape index (κ3) is 4.13. The van der Waals surface area contributed by atoms with E-state index in [-0.39, 0.29) is 11.9 Å². The summed E-state index contributed by atoms with van der Waals surface area (Å²) in [6.07, 6.45) is 3.71. The third-order valence-electron chi connectivity index (χ3n) is 5.02. The fraction of sp³-hybridized carbons (Fsp3) is 0.350. The van der Waals surface area contributed by atoms with Crippen molar-refractivity contribution in [2.75, 3.05) is 13.1 Å². The number of aromatic amines is 1. The van der Waals surface area contributed by atoms with E-state index < -0.39 is 6.10 Å². The lowest BCUT2D eigenvalue weighted by molar-refractivity contribution is 0.0444. The highest BCUT2D eigenvalue weighted by atomic mass is 16.3. The maximum Gasteiger partial charge on any atom is 0.269 e. The number of rotatable bonds is 5. The summed E-state index contributed by atoms with van der Waals surface area (Å²) in [5.41, 5.74) is 2.09. The van der Waals surface area contributed by atoms with Crippen molar-refractivity contribution in [2.24, 2.45) is 7.05 Å². The zero-order valence-electron chi connectivity index (χ0n) is 15.7. The van der Waals surface area contributed by atoms with E-state index in [2.05, 4.69) is 25.4 Å². The Labute approximate surface area is 163 Å². The van der Waals surface area contributed by atoms with Crippen molar-refractivity contribution >= 4 is 5.91 Å². The first-order valence-corrected chi connectivity index (χ1v) is 9.37. The second-order valence-corrected chi connectivity index (χ2v) is 7.24. The Morgan fingerprint density at radius 1 is 1.32 bits per heavy atom. The van der Waals surface area contributed by atoms with Crippen molar-refractivity contribution in [1.29, 1.82) is 0 Å². The number of carbonyl (C=O) groups is 1. The molecule has 2 aromatic heterocycles. The lowest BCUT2D eigenvalue weighted by Crippen LogP contribution is -2.52. The number of piperidine rings is 1. The van der Waals surface area contributed by atoms with Crippen LogP contribution >= 0.6 is 0 Å². The Bertz CT molecular complexity index is 935. The second-order valence-electron chi connectivity index (χ2n) is 7.24. The molecular weight excluding hydrogens is 356 g/mol. The maximum atomic E-state index is 12.6. The summed E-state index contributed by atoms with van der Waals surface area (Å²) in [5, 5.41) is 20.3. The number of aryl methyl sites for hydroxylation is 1. The fourth-order valence-corrected chi connectivity index (χ4v) is 3.60. The number of hydrogen-bond donors (Lipinski definition) is 3. The van der Waals surface area contributed by atoms with Gasteiger partial charge in [0, 0.05) is 44.1 Å². The molecule has 0 aliphatic carbocycles. The molecule has 1 aromatic carbocycles. The molecule has 0 radical (unpaired) electrons. The third-order valence-corrected chi connectivity index (χ3v) is 5.02. The predicted molar refractivity (Wildman–Crippen MR) is 104 cm³/mol. The van der Waals surface area contributed by atoms with Gasteiger partial charge in [0.1, 0.15) is 11.5 Å². The van der Waals surface area contributed by atoms with Gasteiger partial charge in [-0.25, -0.2) is 4.98 Å². The first-order valence-electron chi connectivity index (χ1n) is 9.37. The van der Waals surface area contributed by atoms with Gasteiger partial charge >= 0.3 is 0 Å². The Morgan fingerprint density at radius 3 is 2.89 bits per heavy atom. The number of nitrogens with one attached hydrogen (secondary N) is 2. The summed E-state index contributed by atoms with van der Waals surface area (Å²) in [6.45, 7) is 1.87. The molecule has 2 atom stereocenters. The highest BCUT2D eigenvalue weighted by Gasteiger charge is 2.28. The average molecular weight is 380 g/mol. The molecular formula is C20H24N6O2. The molecule has 3 aromatic rings. The van der Waals surface area contributed by atoms with Gasteiger partial charge in [0.15, 0.2) is 0 Å². The smallest absolute Gasteiger partial charge is 0.269 e. The number of H-pyrrole nitrogens is 1. The van der Waals surface area contributed by atoms with E-state index in [0.29, 0.717) is 31.7 Å². The molecule has 4 rings (SSSR count). The van der Waals surface area contributed by atoms with Crippen LogP contribution in [0.5, 0.6) is 0 Å². The fourth-order valence-electron chi connectivity index (χ4n) is 3.60. The molecule has 1 amide bonds. The molecule has 0 spiro atoms. The highest BCUT2D eigenvalue weighted by molar-refractivity contribution is 5.93. The van der Waals surface area contributed by atoms with Crippen LogP contribution in [-0.2, 0) is 13.6 Å². The van der Waals surface area contributed by atoms with Crippen LogP contribution in [0, 0.1) is 0 Å². The number of aliphatic hydroxyl groups excluding tert-OH is 1. The van der Waals surface area contributed by atoms with Crippen LogP contribution in [0.4, 0.5) is 0 Å². The topological polar surface area (TPSA) is 99.1 Å². The molecule has 8 nitrogen and oxygen atoms in total. The molecule has 3 N–H and O–H groups in total. The Morgan fingerprint density at radius 2 is 2.14 bits per heavy atom. The average Bonchev–Trinajstić information content (AvgIpc) is 3.32. The number of carbonyl (C=O) groups excluding carboxylic acids is 1. The van der Waals surface area contributed by atoms with Gasteiger partial charge in [0.05, 0.1) is 18.3 Å². The summed E-state index contributed by atoms with van der Waals surface area (Å²) in [5.74, 6) is 0.714. The van der Waals surface area contributed by atoms with Crippen LogP contribution in [0.15, 0.2) is 48.8 Å². The largest absolute Gasteiger partial charge is 0.392 e. The van der Waals surface area contributed by atoms with Gasteiger partial charge in [-0.1, -0.05) is 30.3 Å². The van der Waals surface area contributed by atoms with E-state index in [1.165, 1.54) is 0 Å². The van der Waals surface area contributed by atoms with Crippen LogP contribution < -0.4 is 5.32 Å². The van der Waals surface area contributed by atoms with E-state index in [1.807, 2.05) is 48.1 Å². The highest BCUT2D eigenvalue weighted by Crippen LogP contribution is 2.18. The number of imidazole rings is 1. The number of aromatic nitrogens is 4. The minimum atomic E-state index is -0.485. The maximum absolute atomic E-state index is 12.6. The molecule has 1 aliphatic heterocycles. The van der Waals surface area contributed by atoms with Gasteiger partial charge in [-0.15, -0.1) is 0 Å². The normalized spacial score (nSPS) is 20.2. The first-order chi connectivity index (χ1) is 13.6. The van der Waals surface area contributed by atoms with Crippen molar-refractivity contribution in [3.05, 3.63) is 60.3 Å². The number of aliphatic hydroxyl groups is 1. The number of β-amino-alcohol motifs (C(OH)–C–C–N with tert-alkyl or cyclic N) is 1. The van der Waals surface area contributed by atoms with Crippen LogP contribution in [0.25, 0.3) is 11.3 Å². The van der Waals surface area contributed by atoms with Crippen LogP contribution in [0.2, 0.25) is 0 Å². The van der Waals surface area contributed by atoms with E-state index in [1.54, 1.807) is 12.3 Å². The van der Waals surface area contributed by atoms with Crippen molar-refractivity contribution < 1.29 is 9.90 Å². The van der Waals surface area contributed by atoms with E-state index >= 15 is 0 Å². The zero-order valence-corrected chi connectivity index (χ0v) is 15.7. The van der Waals surface area contributed by atoms with Crippen LogP contribution in [0.3, 0.4) is 0 Å².